The Morgan fingerprint density at radius 2 is 1.83 bits per heavy atom. The number of hydrogen-bond donors (Lipinski definition) is 2. The number of hydrogen-bond acceptors (Lipinski definition) is 6. The molecule has 2 aliphatic rings. The first-order valence-corrected chi connectivity index (χ1v) is 13.3. The quantitative estimate of drug-likeness (QED) is 0.264. The molecule has 3 aromatic carbocycles. The van der Waals surface area contributed by atoms with Crippen LogP contribution in [0.25, 0.3) is 0 Å². The highest BCUT2D eigenvalue weighted by atomic mass is 35.5. The average Bonchev–Trinajstić information content (AvgIpc) is 3.62. The number of carbonyl (C=O) groups excluding carboxylic acids is 1. The highest BCUT2D eigenvalue weighted by Gasteiger charge is 2.43. The van der Waals surface area contributed by atoms with Gasteiger partial charge in [-0.1, -0.05) is 23.7 Å². The fraction of sp³-hybridized carbons (Fsp3) is 0.310. The lowest BCUT2D eigenvalue weighted by Crippen LogP contribution is -2.37. The van der Waals surface area contributed by atoms with Crippen molar-refractivity contribution < 1.29 is 46.5 Å². The second kappa shape index (κ2) is 11.6. The van der Waals surface area contributed by atoms with Crippen LogP contribution in [0, 0.1) is 17.7 Å². The normalized spacial score (nSPS) is 18.2. The van der Waals surface area contributed by atoms with Gasteiger partial charge in [-0.05, 0) is 42.2 Å². The van der Waals surface area contributed by atoms with E-state index in [2.05, 4.69) is 10.1 Å². The molecule has 0 radical (unpaired) electrons. The van der Waals surface area contributed by atoms with E-state index in [-0.39, 0.29) is 31.2 Å². The van der Waals surface area contributed by atoms with Gasteiger partial charge in [0.2, 0.25) is 0 Å². The van der Waals surface area contributed by atoms with Crippen molar-refractivity contribution in [3.05, 3.63) is 76.6 Å². The predicted molar refractivity (Wildman–Crippen MR) is 145 cm³/mol. The maximum absolute atomic E-state index is 14.3. The molecule has 0 saturated heterocycles. The number of halogens is 5. The molecule has 222 valence electrons. The van der Waals surface area contributed by atoms with E-state index in [0.29, 0.717) is 39.8 Å². The van der Waals surface area contributed by atoms with Gasteiger partial charge in [-0.25, -0.2) is 4.39 Å². The van der Waals surface area contributed by atoms with E-state index in [0.717, 1.165) is 12.1 Å². The van der Waals surface area contributed by atoms with Crippen LogP contribution < -0.4 is 24.4 Å². The second-order valence-corrected chi connectivity index (χ2v) is 10.4. The van der Waals surface area contributed by atoms with Gasteiger partial charge in [0.05, 0.1) is 25.3 Å². The Hall–Kier alpha value is -4.19. The molecule has 42 heavy (non-hydrogen) atoms. The van der Waals surface area contributed by atoms with Crippen LogP contribution in [0.1, 0.15) is 23.6 Å². The first kappa shape index (κ1) is 29.3. The number of nitrogens with zero attached hydrogens (tertiary/aromatic N) is 1. The van der Waals surface area contributed by atoms with Crippen molar-refractivity contribution in [3.8, 4) is 17.2 Å². The van der Waals surface area contributed by atoms with E-state index in [1.165, 1.54) is 12.0 Å². The van der Waals surface area contributed by atoms with Crippen LogP contribution >= 0.6 is 11.6 Å². The van der Waals surface area contributed by atoms with Crippen molar-refractivity contribution in [3.63, 3.8) is 0 Å². The van der Waals surface area contributed by atoms with Crippen LogP contribution in [0.3, 0.4) is 0 Å². The summed E-state index contributed by atoms with van der Waals surface area (Å²) in [5, 5.41) is 12.7. The van der Waals surface area contributed by atoms with Crippen molar-refractivity contribution in [1.29, 1.82) is 0 Å². The number of aliphatic carboxylic acids is 1. The summed E-state index contributed by atoms with van der Waals surface area (Å²) in [6, 6.07) is 12.1. The Balaban J connectivity index is 1.44. The molecule has 3 aromatic rings. The van der Waals surface area contributed by atoms with E-state index < -0.39 is 41.8 Å². The second-order valence-electron chi connectivity index (χ2n) is 9.98. The Morgan fingerprint density at radius 1 is 1.12 bits per heavy atom. The van der Waals surface area contributed by atoms with Crippen LogP contribution in [0.2, 0.25) is 5.02 Å². The minimum atomic E-state index is -5.11. The first-order valence-electron chi connectivity index (χ1n) is 12.9. The van der Waals surface area contributed by atoms with E-state index >= 15 is 0 Å². The topological polar surface area (TPSA) is 97.3 Å². The average molecular weight is 609 g/mol. The molecule has 0 spiro atoms. The van der Waals surface area contributed by atoms with E-state index in [1.807, 2.05) is 0 Å². The van der Waals surface area contributed by atoms with Gasteiger partial charge in [0.15, 0.2) is 11.6 Å². The number of rotatable bonds is 10. The molecule has 1 fully saturated rings. The van der Waals surface area contributed by atoms with E-state index in [4.69, 9.17) is 26.2 Å². The number of carboxylic acids is 1. The molecule has 2 N–H and O–H groups in total. The number of alkyl halides is 3. The minimum absolute atomic E-state index is 0.105. The number of methoxy groups -OCH3 is 1. The third kappa shape index (κ3) is 6.64. The number of ether oxygens (including phenoxy) is 3. The maximum atomic E-state index is 14.3. The van der Waals surface area contributed by atoms with Gasteiger partial charge >= 0.3 is 12.3 Å². The van der Waals surface area contributed by atoms with Crippen molar-refractivity contribution in [2.45, 2.75) is 25.2 Å². The SMILES string of the molecule is COc1cc(NC(C(=O)N2CCc3cc(F)c(OC(F)(F)F)cc32)c2ccc(Cl)cc2)cc(OC[C@H]2C[C@@H]2C(=O)O)c1. The van der Waals surface area contributed by atoms with Crippen molar-refractivity contribution in [2.75, 3.05) is 30.5 Å². The molecule has 0 aromatic heterocycles. The number of carboxylic acid groups (broad SMARTS) is 1. The highest BCUT2D eigenvalue weighted by molar-refractivity contribution is 6.30. The molecule has 3 atom stereocenters. The largest absolute Gasteiger partial charge is 0.573 e. The fourth-order valence-corrected chi connectivity index (χ4v) is 5.01. The first-order chi connectivity index (χ1) is 19.9. The molecular formula is C29H25ClF4N2O6. The zero-order valence-electron chi connectivity index (χ0n) is 22.1. The number of benzene rings is 3. The Bertz CT molecular complexity index is 1500. The molecule has 1 saturated carbocycles. The fourth-order valence-electron chi connectivity index (χ4n) is 4.88. The summed E-state index contributed by atoms with van der Waals surface area (Å²) < 4.78 is 68.0. The smallest absolute Gasteiger partial charge is 0.497 e. The zero-order chi connectivity index (χ0) is 30.2. The number of fused-ring (bicyclic) bond motifs is 1. The summed E-state index contributed by atoms with van der Waals surface area (Å²) in [4.78, 5) is 26.4. The Labute approximate surface area is 242 Å². The predicted octanol–water partition coefficient (Wildman–Crippen LogP) is 6.23. The summed E-state index contributed by atoms with van der Waals surface area (Å²) in [5.74, 6) is -3.38. The van der Waals surface area contributed by atoms with Gasteiger partial charge in [0, 0.05) is 47.4 Å². The minimum Gasteiger partial charge on any atom is -0.497 e. The van der Waals surface area contributed by atoms with Gasteiger partial charge in [-0.3, -0.25) is 9.59 Å². The van der Waals surface area contributed by atoms with Crippen molar-refractivity contribution in [2.24, 2.45) is 11.8 Å². The standard InChI is InChI=1S/C29H25ClF4N2O6/c1-40-20-10-19(11-21(12-20)41-14-17-8-22(17)28(38)39)35-26(15-2-4-18(30)5-3-15)27(37)36-7-6-16-9-23(31)25(13-24(16)36)42-29(32,33)34/h2-5,9-13,17,22,26,35H,6-8,14H2,1H3,(H,38,39)/t17-,22+,26?/m1/s1. The number of amides is 1. The molecular weight excluding hydrogens is 584 g/mol. The molecule has 1 aliphatic heterocycles. The zero-order valence-corrected chi connectivity index (χ0v) is 22.8. The van der Waals surface area contributed by atoms with Gasteiger partial charge in [-0.15, -0.1) is 13.2 Å². The summed E-state index contributed by atoms with van der Waals surface area (Å²) in [7, 11) is 1.45. The van der Waals surface area contributed by atoms with Crippen molar-refractivity contribution >= 4 is 34.9 Å². The van der Waals surface area contributed by atoms with Crippen molar-refractivity contribution in [1.82, 2.24) is 0 Å². The Morgan fingerprint density at radius 3 is 2.48 bits per heavy atom. The number of anilines is 2. The lowest BCUT2D eigenvalue weighted by atomic mass is 10.0. The summed E-state index contributed by atoms with van der Waals surface area (Å²) in [6.07, 6.45) is -4.36. The van der Waals surface area contributed by atoms with Crippen LogP contribution in [-0.4, -0.2) is 43.6 Å². The maximum Gasteiger partial charge on any atom is 0.573 e. The molecule has 1 amide bonds. The lowest BCUT2D eigenvalue weighted by Gasteiger charge is -2.27. The Kier molecular flexibility index (Phi) is 8.09. The highest BCUT2D eigenvalue weighted by Crippen LogP contribution is 2.40. The summed E-state index contributed by atoms with van der Waals surface area (Å²) in [6.45, 7) is 0.292. The molecule has 1 aliphatic carbocycles. The van der Waals surface area contributed by atoms with Gasteiger partial charge < -0.3 is 29.5 Å². The molecule has 1 unspecified atom stereocenters. The molecule has 5 rings (SSSR count). The lowest BCUT2D eigenvalue weighted by molar-refractivity contribution is -0.275. The van der Waals surface area contributed by atoms with Gasteiger partial charge in [0.25, 0.3) is 5.91 Å². The third-order valence-corrected chi connectivity index (χ3v) is 7.35. The number of carbonyl (C=O) groups is 2. The van der Waals surface area contributed by atoms with Crippen LogP contribution in [0.4, 0.5) is 28.9 Å². The monoisotopic (exact) mass is 608 g/mol. The number of nitrogens with one attached hydrogen (secondary N) is 1. The van der Waals surface area contributed by atoms with E-state index in [1.54, 1.807) is 42.5 Å². The molecule has 0 bridgehead atoms. The molecule has 8 nitrogen and oxygen atoms in total. The van der Waals surface area contributed by atoms with Crippen LogP contribution in [0.15, 0.2) is 54.6 Å². The summed E-state index contributed by atoms with van der Waals surface area (Å²) >= 11 is 6.06. The molecule has 13 heteroatoms. The molecule has 1 heterocycles. The van der Waals surface area contributed by atoms with Crippen LogP contribution in [0.5, 0.6) is 17.2 Å². The summed E-state index contributed by atoms with van der Waals surface area (Å²) in [5.41, 5.74) is 1.39. The van der Waals surface area contributed by atoms with Gasteiger partial charge in [0.1, 0.15) is 17.5 Å². The van der Waals surface area contributed by atoms with Crippen LogP contribution in [-0.2, 0) is 16.0 Å². The third-order valence-electron chi connectivity index (χ3n) is 7.10. The van der Waals surface area contributed by atoms with E-state index in [9.17, 15) is 27.2 Å². The van der Waals surface area contributed by atoms with Gasteiger partial charge in [-0.2, -0.15) is 0 Å².